The highest BCUT2D eigenvalue weighted by Crippen LogP contribution is 2.40. The molecule has 1 aromatic heterocycles. The van der Waals surface area contributed by atoms with Crippen LogP contribution in [0.15, 0.2) is 23.0 Å². The Morgan fingerprint density at radius 3 is 2.96 bits per heavy atom. The highest BCUT2D eigenvalue weighted by atomic mass is 33.1. The van der Waals surface area contributed by atoms with E-state index in [1.54, 1.807) is 6.07 Å². The number of piperidine rings is 1. The van der Waals surface area contributed by atoms with Crippen molar-refractivity contribution in [2.24, 2.45) is 5.92 Å². The second-order valence-corrected chi connectivity index (χ2v) is 10.4. The van der Waals surface area contributed by atoms with Gasteiger partial charge in [0.1, 0.15) is 0 Å². The molecule has 0 spiro atoms. The largest absolute Gasteiger partial charge is 0.342 e. The molecule has 4 nitrogen and oxygen atoms in total. The summed E-state index contributed by atoms with van der Waals surface area (Å²) in [5.41, 5.74) is 1.23. The van der Waals surface area contributed by atoms with Crippen molar-refractivity contribution in [3.8, 4) is 0 Å². The molecule has 0 aliphatic carbocycles. The normalized spacial score (nSPS) is 28.0. The summed E-state index contributed by atoms with van der Waals surface area (Å²) in [4.78, 5) is 26.8. The molecule has 2 saturated heterocycles. The molecule has 3 atom stereocenters. The van der Waals surface area contributed by atoms with E-state index in [1.165, 1.54) is 25.0 Å². The number of hydrogen-bond acceptors (Lipinski definition) is 4. The number of unbranched alkanes of at least 4 members (excludes halogenated alkanes) is 1. The molecule has 0 radical (unpaired) electrons. The van der Waals surface area contributed by atoms with Gasteiger partial charge < -0.3 is 9.47 Å². The van der Waals surface area contributed by atoms with Gasteiger partial charge in [-0.15, -0.1) is 0 Å². The van der Waals surface area contributed by atoms with E-state index in [0.717, 1.165) is 43.4 Å². The molecule has 4 rings (SSSR count). The first-order chi connectivity index (χ1) is 12.2. The predicted molar refractivity (Wildman–Crippen MR) is 105 cm³/mol. The third-order valence-electron chi connectivity index (χ3n) is 5.73. The Bertz CT molecular complexity index is 684. The summed E-state index contributed by atoms with van der Waals surface area (Å²) in [7, 11) is 4.02. The van der Waals surface area contributed by atoms with E-state index in [2.05, 4.69) is 11.0 Å². The van der Waals surface area contributed by atoms with E-state index in [1.807, 2.05) is 32.2 Å². The lowest BCUT2D eigenvalue weighted by atomic mass is 9.83. The number of aromatic nitrogens is 1. The fourth-order valence-electron chi connectivity index (χ4n) is 4.47. The highest BCUT2D eigenvalue weighted by Gasteiger charge is 2.35. The van der Waals surface area contributed by atoms with Gasteiger partial charge in [-0.3, -0.25) is 9.59 Å². The number of amides is 1. The molecular formula is C19H26N2O2S2. The summed E-state index contributed by atoms with van der Waals surface area (Å²) in [5.74, 6) is 2.37. The van der Waals surface area contributed by atoms with Gasteiger partial charge in [-0.2, -0.15) is 0 Å². The molecular weight excluding hydrogens is 352 g/mol. The number of rotatable bonds is 5. The van der Waals surface area contributed by atoms with Gasteiger partial charge in [0.05, 0.1) is 0 Å². The lowest BCUT2D eigenvalue weighted by Crippen LogP contribution is -2.49. The molecule has 2 bridgehead atoms. The summed E-state index contributed by atoms with van der Waals surface area (Å²) >= 11 is 0. The minimum atomic E-state index is 0.106. The molecule has 0 saturated carbocycles. The number of fused-ring (bicyclic) bond motifs is 4. The molecule has 4 heterocycles. The van der Waals surface area contributed by atoms with Gasteiger partial charge in [0, 0.05) is 54.7 Å². The van der Waals surface area contributed by atoms with Gasteiger partial charge in [-0.1, -0.05) is 34.1 Å². The lowest BCUT2D eigenvalue weighted by Gasteiger charge is -2.42. The smallest absolute Gasteiger partial charge is 0.250 e. The number of carbonyl (C=O) groups is 1. The first-order valence-electron chi connectivity index (χ1n) is 9.46. The van der Waals surface area contributed by atoms with Crippen molar-refractivity contribution in [3.63, 3.8) is 0 Å². The average Bonchev–Trinajstić information content (AvgIpc) is 3.13. The maximum Gasteiger partial charge on any atom is 0.250 e. The van der Waals surface area contributed by atoms with Crippen LogP contribution in [-0.2, 0) is 11.3 Å². The lowest BCUT2D eigenvalue weighted by molar-refractivity contribution is -0.134. The van der Waals surface area contributed by atoms with Crippen LogP contribution in [0.2, 0.25) is 0 Å². The van der Waals surface area contributed by atoms with Crippen molar-refractivity contribution in [1.29, 1.82) is 0 Å². The third kappa shape index (κ3) is 3.95. The second kappa shape index (κ2) is 7.78. The number of nitrogens with zero attached hydrogens (tertiary/aromatic N) is 2. The predicted octanol–water partition coefficient (Wildman–Crippen LogP) is 3.51. The number of pyridine rings is 1. The third-order valence-corrected chi connectivity index (χ3v) is 8.73. The summed E-state index contributed by atoms with van der Waals surface area (Å²) in [5, 5.41) is 0.809. The monoisotopic (exact) mass is 378 g/mol. The Hall–Kier alpha value is -0.880. The van der Waals surface area contributed by atoms with Crippen LogP contribution in [-0.4, -0.2) is 39.5 Å². The number of hydrogen-bond donors (Lipinski definition) is 0. The Morgan fingerprint density at radius 2 is 2.12 bits per heavy atom. The van der Waals surface area contributed by atoms with Crippen LogP contribution in [0, 0.1) is 5.92 Å². The van der Waals surface area contributed by atoms with Crippen LogP contribution in [0.3, 0.4) is 0 Å². The Morgan fingerprint density at radius 1 is 1.20 bits per heavy atom. The molecule has 0 N–H and O–H groups in total. The van der Waals surface area contributed by atoms with Gasteiger partial charge >= 0.3 is 0 Å². The molecule has 0 unspecified atom stereocenters. The van der Waals surface area contributed by atoms with E-state index in [0.29, 0.717) is 24.2 Å². The van der Waals surface area contributed by atoms with Gasteiger partial charge in [0.25, 0.3) is 5.56 Å². The highest BCUT2D eigenvalue weighted by molar-refractivity contribution is 8.77. The topological polar surface area (TPSA) is 42.3 Å². The average molecular weight is 379 g/mol. The van der Waals surface area contributed by atoms with Crippen LogP contribution >= 0.6 is 21.6 Å². The zero-order valence-corrected chi connectivity index (χ0v) is 16.2. The quantitative estimate of drug-likeness (QED) is 0.581. The molecule has 136 valence electrons. The number of carbonyl (C=O) groups excluding carboxylic acids is 1. The van der Waals surface area contributed by atoms with E-state index in [9.17, 15) is 9.59 Å². The van der Waals surface area contributed by atoms with Crippen LogP contribution < -0.4 is 5.56 Å². The van der Waals surface area contributed by atoms with Crippen molar-refractivity contribution in [2.45, 2.75) is 56.2 Å². The number of likely N-dealkylation sites (tertiary alicyclic amines) is 1. The fraction of sp³-hybridized carbons (Fsp3) is 0.684. The second-order valence-electron chi connectivity index (χ2n) is 7.57. The van der Waals surface area contributed by atoms with Crippen molar-refractivity contribution < 1.29 is 4.79 Å². The zero-order valence-electron chi connectivity index (χ0n) is 14.6. The molecule has 2 fully saturated rings. The zero-order chi connectivity index (χ0) is 17.2. The van der Waals surface area contributed by atoms with Crippen LogP contribution in [0.1, 0.15) is 50.1 Å². The first-order valence-corrected chi connectivity index (χ1v) is 11.8. The molecule has 3 aliphatic heterocycles. The molecule has 0 aromatic carbocycles. The van der Waals surface area contributed by atoms with Crippen LogP contribution in [0.5, 0.6) is 0 Å². The van der Waals surface area contributed by atoms with Gasteiger partial charge in [-0.05, 0) is 37.7 Å². The maximum absolute atomic E-state index is 12.7. The fourth-order valence-corrected chi connectivity index (χ4v) is 7.50. The van der Waals surface area contributed by atoms with E-state index in [4.69, 9.17) is 0 Å². The van der Waals surface area contributed by atoms with Gasteiger partial charge in [0.2, 0.25) is 5.91 Å². The molecule has 6 heteroatoms. The van der Waals surface area contributed by atoms with E-state index >= 15 is 0 Å². The summed E-state index contributed by atoms with van der Waals surface area (Å²) < 4.78 is 1.93. The Kier molecular flexibility index (Phi) is 5.46. The van der Waals surface area contributed by atoms with E-state index in [-0.39, 0.29) is 5.56 Å². The molecule has 3 aliphatic rings. The minimum Gasteiger partial charge on any atom is -0.342 e. The standard InChI is InChI=1S/C19H26N2O2S2/c22-18(6-2-1-4-16-8-9-24-25-16)20-11-14-10-15(13-20)17-5-3-7-19(23)21(17)12-14/h3,5,7,14-16H,1-2,4,6,8-13H2/t14-,15-,16-/m0/s1. The van der Waals surface area contributed by atoms with Crippen LogP contribution in [0.25, 0.3) is 0 Å². The molecule has 1 amide bonds. The summed E-state index contributed by atoms with van der Waals surface area (Å²) in [6.45, 7) is 2.38. The van der Waals surface area contributed by atoms with Crippen molar-refractivity contribution in [3.05, 3.63) is 34.2 Å². The van der Waals surface area contributed by atoms with E-state index < -0.39 is 0 Å². The minimum absolute atomic E-state index is 0.106. The van der Waals surface area contributed by atoms with Gasteiger partial charge in [0.15, 0.2) is 0 Å². The Balaban J connectivity index is 1.30. The van der Waals surface area contributed by atoms with Crippen molar-refractivity contribution in [2.75, 3.05) is 18.8 Å². The summed E-state index contributed by atoms with van der Waals surface area (Å²) in [6.07, 6.45) is 6.57. The molecule has 25 heavy (non-hydrogen) atoms. The van der Waals surface area contributed by atoms with Crippen molar-refractivity contribution >= 4 is 27.5 Å². The molecule has 1 aromatic rings. The van der Waals surface area contributed by atoms with Crippen molar-refractivity contribution in [1.82, 2.24) is 9.47 Å². The maximum atomic E-state index is 12.7. The SMILES string of the molecule is O=C(CCCC[C@H]1CCSS1)N1C[C@@H]2C[C@@H](C1)c1cccc(=O)n1C2. The van der Waals surface area contributed by atoms with Crippen LogP contribution in [0.4, 0.5) is 0 Å². The van der Waals surface area contributed by atoms with Gasteiger partial charge in [-0.25, -0.2) is 0 Å². The Labute approximate surface area is 157 Å². The summed E-state index contributed by atoms with van der Waals surface area (Å²) in [6, 6.07) is 5.57. The first kappa shape index (κ1) is 17.5.